The highest BCUT2D eigenvalue weighted by Crippen LogP contribution is 2.25. The molecule has 5 nitrogen and oxygen atoms in total. The van der Waals surface area contributed by atoms with E-state index in [0.29, 0.717) is 6.04 Å². The molecule has 0 spiro atoms. The second kappa shape index (κ2) is 12.7. The van der Waals surface area contributed by atoms with Gasteiger partial charge < -0.3 is 15.4 Å². The summed E-state index contributed by atoms with van der Waals surface area (Å²) in [5.41, 5.74) is 2.56. The van der Waals surface area contributed by atoms with Crippen LogP contribution < -0.4 is 15.4 Å². The minimum atomic E-state index is 0. The number of benzene rings is 2. The van der Waals surface area contributed by atoms with Gasteiger partial charge in [-0.1, -0.05) is 48.9 Å². The molecule has 3 rings (SSSR count). The Bertz CT molecular complexity index is 730. The SMILES string of the molecule is CN=C(NCc1ccccc1)NCC(c1ccc(OC)cc1)N1CCCCC1.I. The van der Waals surface area contributed by atoms with Gasteiger partial charge in [0.1, 0.15) is 5.75 Å². The molecule has 1 heterocycles. The summed E-state index contributed by atoms with van der Waals surface area (Å²) in [6.45, 7) is 3.88. The first kappa shape index (κ1) is 23.5. The van der Waals surface area contributed by atoms with Gasteiger partial charge in [-0.15, -0.1) is 24.0 Å². The van der Waals surface area contributed by atoms with Crippen molar-refractivity contribution in [1.29, 1.82) is 0 Å². The summed E-state index contributed by atoms with van der Waals surface area (Å²) < 4.78 is 5.33. The molecule has 0 aliphatic carbocycles. The topological polar surface area (TPSA) is 48.9 Å². The molecule has 29 heavy (non-hydrogen) atoms. The molecule has 1 saturated heterocycles. The Balaban J connectivity index is 0.00000300. The Labute approximate surface area is 192 Å². The molecule has 0 amide bonds. The predicted octanol–water partition coefficient (Wildman–Crippen LogP) is 4.21. The first-order valence-electron chi connectivity index (χ1n) is 10.2. The number of hydrogen-bond acceptors (Lipinski definition) is 3. The molecule has 1 aliphatic rings. The van der Waals surface area contributed by atoms with E-state index in [9.17, 15) is 0 Å². The van der Waals surface area contributed by atoms with Gasteiger partial charge in [0.05, 0.1) is 13.2 Å². The van der Waals surface area contributed by atoms with E-state index in [4.69, 9.17) is 4.74 Å². The Morgan fingerprint density at radius 1 is 1.00 bits per heavy atom. The highest BCUT2D eigenvalue weighted by molar-refractivity contribution is 14.0. The van der Waals surface area contributed by atoms with Crippen LogP contribution in [0.5, 0.6) is 5.75 Å². The van der Waals surface area contributed by atoms with Crippen molar-refractivity contribution < 1.29 is 4.74 Å². The molecule has 158 valence electrons. The lowest BCUT2D eigenvalue weighted by Gasteiger charge is -2.35. The van der Waals surface area contributed by atoms with Crippen LogP contribution in [-0.2, 0) is 6.54 Å². The van der Waals surface area contributed by atoms with Crippen LogP contribution in [0.4, 0.5) is 0 Å². The summed E-state index contributed by atoms with van der Waals surface area (Å²) >= 11 is 0. The molecule has 1 atom stereocenters. The van der Waals surface area contributed by atoms with Gasteiger partial charge in [-0.2, -0.15) is 0 Å². The molecule has 6 heteroatoms. The van der Waals surface area contributed by atoms with E-state index in [1.165, 1.54) is 30.4 Å². The first-order valence-corrected chi connectivity index (χ1v) is 10.2. The van der Waals surface area contributed by atoms with Gasteiger partial charge in [0.25, 0.3) is 0 Å². The Morgan fingerprint density at radius 2 is 1.69 bits per heavy atom. The number of piperidine rings is 1. The maximum absolute atomic E-state index is 5.33. The molecule has 1 aliphatic heterocycles. The van der Waals surface area contributed by atoms with Crippen LogP contribution in [0.25, 0.3) is 0 Å². The predicted molar refractivity (Wildman–Crippen MR) is 131 cm³/mol. The largest absolute Gasteiger partial charge is 0.497 e. The summed E-state index contributed by atoms with van der Waals surface area (Å²) in [5.74, 6) is 1.73. The number of likely N-dealkylation sites (tertiary alicyclic amines) is 1. The molecular formula is C23H33IN4O. The fourth-order valence-electron chi connectivity index (χ4n) is 3.71. The second-order valence-electron chi connectivity index (χ2n) is 7.18. The van der Waals surface area contributed by atoms with E-state index in [1.54, 1.807) is 7.11 Å². The van der Waals surface area contributed by atoms with Crippen molar-refractivity contribution in [2.45, 2.75) is 31.8 Å². The lowest BCUT2D eigenvalue weighted by atomic mass is 10.0. The lowest BCUT2D eigenvalue weighted by molar-refractivity contribution is 0.164. The van der Waals surface area contributed by atoms with Gasteiger partial charge in [-0.25, -0.2) is 0 Å². The van der Waals surface area contributed by atoms with Crippen LogP contribution in [-0.4, -0.2) is 44.7 Å². The summed E-state index contributed by atoms with van der Waals surface area (Å²) in [6.07, 6.45) is 3.88. The molecule has 2 aromatic rings. The highest BCUT2D eigenvalue weighted by Gasteiger charge is 2.22. The van der Waals surface area contributed by atoms with Gasteiger partial charge >= 0.3 is 0 Å². The van der Waals surface area contributed by atoms with Crippen LogP contribution in [0.2, 0.25) is 0 Å². The monoisotopic (exact) mass is 508 g/mol. The zero-order chi connectivity index (χ0) is 19.6. The van der Waals surface area contributed by atoms with Crippen LogP contribution >= 0.6 is 24.0 Å². The normalized spacial score (nSPS) is 15.9. The molecule has 0 radical (unpaired) electrons. The smallest absolute Gasteiger partial charge is 0.191 e. The zero-order valence-electron chi connectivity index (χ0n) is 17.4. The summed E-state index contributed by atoms with van der Waals surface area (Å²) in [7, 11) is 3.53. The highest BCUT2D eigenvalue weighted by atomic mass is 127. The van der Waals surface area contributed by atoms with Gasteiger partial charge in [0, 0.05) is 20.1 Å². The number of ether oxygens (including phenoxy) is 1. The van der Waals surface area contributed by atoms with Crippen molar-refractivity contribution >= 4 is 29.9 Å². The number of nitrogens with one attached hydrogen (secondary N) is 2. The number of guanidine groups is 1. The molecule has 0 bridgehead atoms. The summed E-state index contributed by atoms with van der Waals surface area (Å²) in [4.78, 5) is 6.98. The van der Waals surface area contributed by atoms with E-state index in [-0.39, 0.29) is 24.0 Å². The van der Waals surface area contributed by atoms with Crippen molar-refractivity contribution in [3.63, 3.8) is 0 Å². The number of hydrogen-bond donors (Lipinski definition) is 2. The number of nitrogens with zero attached hydrogens (tertiary/aromatic N) is 2. The summed E-state index contributed by atoms with van der Waals surface area (Å²) in [5, 5.41) is 6.94. The average molecular weight is 508 g/mol. The molecular weight excluding hydrogens is 475 g/mol. The number of halogens is 1. The lowest BCUT2D eigenvalue weighted by Crippen LogP contribution is -2.44. The van der Waals surface area contributed by atoms with Crippen LogP contribution in [0.3, 0.4) is 0 Å². The third kappa shape index (κ3) is 7.19. The molecule has 0 saturated carbocycles. The Morgan fingerprint density at radius 3 is 2.31 bits per heavy atom. The Kier molecular flexibility index (Phi) is 10.3. The standard InChI is InChI=1S/C23H32N4O.HI/c1-24-23(25-17-19-9-5-3-6-10-19)26-18-22(27-15-7-4-8-16-27)20-11-13-21(28-2)14-12-20;/h3,5-6,9-14,22H,4,7-8,15-18H2,1-2H3,(H2,24,25,26);1H. The second-order valence-corrected chi connectivity index (χ2v) is 7.18. The van der Waals surface area contributed by atoms with Gasteiger partial charge in [-0.3, -0.25) is 9.89 Å². The van der Waals surface area contributed by atoms with Gasteiger partial charge in [0.15, 0.2) is 5.96 Å². The quantitative estimate of drug-likeness (QED) is 0.335. The zero-order valence-corrected chi connectivity index (χ0v) is 19.8. The van der Waals surface area contributed by atoms with E-state index >= 15 is 0 Å². The van der Waals surface area contributed by atoms with Gasteiger partial charge in [0.2, 0.25) is 0 Å². The Hall–Kier alpha value is -1.80. The van der Waals surface area contributed by atoms with Crippen molar-refractivity contribution in [1.82, 2.24) is 15.5 Å². The molecule has 2 N–H and O–H groups in total. The minimum Gasteiger partial charge on any atom is -0.497 e. The maximum Gasteiger partial charge on any atom is 0.191 e. The fraction of sp³-hybridized carbons (Fsp3) is 0.435. The maximum atomic E-state index is 5.33. The summed E-state index contributed by atoms with van der Waals surface area (Å²) in [6, 6.07) is 19.2. The van der Waals surface area contributed by atoms with E-state index in [1.807, 2.05) is 13.1 Å². The molecule has 1 fully saturated rings. The number of rotatable bonds is 7. The molecule has 1 unspecified atom stereocenters. The minimum absolute atomic E-state index is 0. The van der Waals surface area contributed by atoms with E-state index in [2.05, 4.69) is 69.1 Å². The van der Waals surface area contributed by atoms with Crippen molar-refractivity contribution in [2.24, 2.45) is 4.99 Å². The first-order chi connectivity index (χ1) is 13.8. The molecule has 2 aromatic carbocycles. The van der Waals surface area contributed by atoms with Crippen molar-refractivity contribution in [3.05, 3.63) is 65.7 Å². The van der Waals surface area contributed by atoms with Crippen molar-refractivity contribution in [2.75, 3.05) is 33.8 Å². The third-order valence-electron chi connectivity index (χ3n) is 5.32. The molecule has 0 aromatic heterocycles. The van der Waals surface area contributed by atoms with Crippen LogP contribution in [0, 0.1) is 0 Å². The van der Waals surface area contributed by atoms with Crippen LogP contribution in [0.1, 0.15) is 36.4 Å². The average Bonchev–Trinajstić information content (AvgIpc) is 2.78. The third-order valence-corrected chi connectivity index (χ3v) is 5.32. The van der Waals surface area contributed by atoms with Gasteiger partial charge in [-0.05, 0) is 49.2 Å². The van der Waals surface area contributed by atoms with E-state index < -0.39 is 0 Å². The number of methoxy groups -OCH3 is 1. The van der Waals surface area contributed by atoms with E-state index in [0.717, 1.165) is 37.9 Å². The van der Waals surface area contributed by atoms with Crippen molar-refractivity contribution in [3.8, 4) is 5.75 Å². The fourth-order valence-corrected chi connectivity index (χ4v) is 3.71. The van der Waals surface area contributed by atoms with Crippen LogP contribution in [0.15, 0.2) is 59.6 Å². The number of aliphatic imine (C=N–C) groups is 1.